The summed E-state index contributed by atoms with van der Waals surface area (Å²) in [4.78, 5) is 27.5. The number of aryl methyl sites for hydroxylation is 1. The highest BCUT2D eigenvalue weighted by Gasteiger charge is 2.40. The van der Waals surface area contributed by atoms with Crippen molar-refractivity contribution in [1.82, 2.24) is 4.90 Å². The van der Waals surface area contributed by atoms with Crippen LogP contribution in [0.4, 0.5) is 0 Å². The molecule has 1 unspecified atom stereocenters. The van der Waals surface area contributed by atoms with Crippen molar-refractivity contribution in [2.75, 3.05) is 13.1 Å². The van der Waals surface area contributed by atoms with Gasteiger partial charge in [-0.2, -0.15) is 0 Å². The van der Waals surface area contributed by atoms with E-state index < -0.39 is 11.4 Å². The van der Waals surface area contributed by atoms with Gasteiger partial charge in [-0.25, -0.2) is 0 Å². The summed E-state index contributed by atoms with van der Waals surface area (Å²) in [5.74, 6) is -0.739. The Hall–Kier alpha value is -1.36. The lowest BCUT2D eigenvalue weighted by Gasteiger charge is -2.39. The SMILES string of the molecule is Cc1ccc(C(=O)N2CCCC(C(C)(C)C(=O)O)C2)s1. The maximum absolute atomic E-state index is 12.4. The second-order valence-corrected chi connectivity index (χ2v) is 7.32. The minimum Gasteiger partial charge on any atom is -0.481 e. The Morgan fingerprint density at radius 1 is 1.40 bits per heavy atom. The van der Waals surface area contributed by atoms with Gasteiger partial charge in [-0.1, -0.05) is 0 Å². The number of thiophene rings is 1. The van der Waals surface area contributed by atoms with Crippen LogP contribution in [0.15, 0.2) is 12.1 Å². The van der Waals surface area contributed by atoms with Crippen LogP contribution >= 0.6 is 11.3 Å². The van der Waals surface area contributed by atoms with Crippen LogP contribution in [0.5, 0.6) is 0 Å². The van der Waals surface area contributed by atoms with Gasteiger partial charge in [0.2, 0.25) is 0 Å². The minimum atomic E-state index is -0.788. The van der Waals surface area contributed by atoms with Gasteiger partial charge in [0.25, 0.3) is 5.91 Å². The molecule has 4 nitrogen and oxygen atoms in total. The summed E-state index contributed by atoms with van der Waals surface area (Å²) >= 11 is 1.50. The first-order valence-electron chi connectivity index (χ1n) is 6.91. The Morgan fingerprint density at radius 2 is 2.10 bits per heavy atom. The number of carbonyl (C=O) groups is 2. The molecule has 0 aliphatic carbocycles. The van der Waals surface area contributed by atoms with Gasteiger partial charge in [-0.15, -0.1) is 11.3 Å². The molecule has 5 heteroatoms. The molecule has 0 saturated carbocycles. The first-order chi connectivity index (χ1) is 9.32. The third kappa shape index (κ3) is 2.87. The number of rotatable bonds is 3. The number of aliphatic carboxylic acids is 1. The largest absolute Gasteiger partial charge is 0.481 e. The van der Waals surface area contributed by atoms with Crippen LogP contribution in [-0.4, -0.2) is 35.0 Å². The molecule has 0 spiro atoms. The Kier molecular flexibility index (Phi) is 4.18. The van der Waals surface area contributed by atoms with Crippen molar-refractivity contribution in [3.05, 3.63) is 21.9 Å². The van der Waals surface area contributed by atoms with Gasteiger partial charge in [0.15, 0.2) is 0 Å². The van der Waals surface area contributed by atoms with Crippen LogP contribution in [0.2, 0.25) is 0 Å². The van der Waals surface area contributed by atoms with Crippen molar-refractivity contribution in [2.45, 2.75) is 33.6 Å². The predicted octanol–water partition coefficient (Wildman–Crippen LogP) is 3.02. The van der Waals surface area contributed by atoms with Gasteiger partial charge in [-0.3, -0.25) is 9.59 Å². The number of hydrogen-bond donors (Lipinski definition) is 1. The molecule has 110 valence electrons. The smallest absolute Gasteiger partial charge is 0.309 e. The summed E-state index contributed by atoms with van der Waals surface area (Å²) < 4.78 is 0. The van der Waals surface area contributed by atoms with E-state index in [1.54, 1.807) is 13.8 Å². The van der Waals surface area contributed by atoms with E-state index in [-0.39, 0.29) is 11.8 Å². The number of nitrogens with zero attached hydrogens (tertiary/aromatic N) is 1. The second-order valence-electron chi connectivity index (χ2n) is 6.03. The first kappa shape index (κ1) is 15.0. The standard InChI is InChI=1S/C15H21NO3S/c1-10-6-7-12(20-10)13(17)16-8-4-5-11(9-16)15(2,3)14(18)19/h6-7,11H,4-5,8-9H2,1-3H3,(H,18,19). The first-order valence-corrected chi connectivity index (χ1v) is 7.73. The molecule has 0 radical (unpaired) electrons. The monoisotopic (exact) mass is 295 g/mol. The van der Waals surface area contributed by atoms with E-state index >= 15 is 0 Å². The molecule has 1 aliphatic heterocycles. The van der Waals surface area contributed by atoms with Crippen LogP contribution in [0.3, 0.4) is 0 Å². The highest BCUT2D eigenvalue weighted by atomic mass is 32.1. The molecule has 2 rings (SSSR count). The van der Waals surface area contributed by atoms with Crippen molar-refractivity contribution in [2.24, 2.45) is 11.3 Å². The molecule has 1 N–H and O–H groups in total. The quantitative estimate of drug-likeness (QED) is 0.932. The fraction of sp³-hybridized carbons (Fsp3) is 0.600. The molecule has 0 aromatic carbocycles. The van der Waals surface area contributed by atoms with Crippen molar-refractivity contribution < 1.29 is 14.7 Å². The topological polar surface area (TPSA) is 57.6 Å². The molecule has 1 aliphatic rings. The molecule has 2 heterocycles. The summed E-state index contributed by atoms with van der Waals surface area (Å²) in [6.07, 6.45) is 1.74. The van der Waals surface area contributed by atoms with Crippen LogP contribution in [0.1, 0.15) is 41.2 Å². The molecule has 1 aromatic rings. The number of carboxylic acids is 1. The van der Waals surface area contributed by atoms with Crippen LogP contribution in [0, 0.1) is 18.3 Å². The van der Waals surface area contributed by atoms with Gasteiger partial charge in [0.1, 0.15) is 0 Å². The van der Waals surface area contributed by atoms with E-state index in [0.717, 1.165) is 29.1 Å². The van der Waals surface area contributed by atoms with E-state index in [0.29, 0.717) is 6.54 Å². The van der Waals surface area contributed by atoms with Crippen molar-refractivity contribution >= 4 is 23.2 Å². The maximum atomic E-state index is 12.4. The Morgan fingerprint density at radius 3 is 2.65 bits per heavy atom. The third-order valence-electron chi connectivity index (χ3n) is 4.23. The van der Waals surface area contributed by atoms with Crippen molar-refractivity contribution in [3.63, 3.8) is 0 Å². The van der Waals surface area contributed by atoms with Gasteiger partial charge >= 0.3 is 5.97 Å². The molecule has 1 amide bonds. The second kappa shape index (κ2) is 5.56. The summed E-state index contributed by atoms with van der Waals surface area (Å²) in [5.41, 5.74) is -0.787. The fourth-order valence-corrected chi connectivity index (χ4v) is 3.47. The molecule has 1 fully saturated rings. The lowest BCUT2D eigenvalue weighted by Crippen LogP contribution is -2.46. The molecular weight excluding hydrogens is 274 g/mol. The average Bonchev–Trinajstić information content (AvgIpc) is 2.84. The van der Waals surface area contributed by atoms with Crippen LogP contribution < -0.4 is 0 Å². The Labute approximate surface area is 123 Å². The number of hydrogen-bond acceptors (Lipinski definition) is 3. The molecule has 20 heavy (non-hydrogen) atoms. The molecule has 1 aromatic heterocycles. The van der Waals surface area contributed by atoms with Crippen molar-refractivity contribution in [3.8, 4) is 0 Å². The van der Waals surface area contributed by atoms with Gasteiger partial charge in [0.05, 0.1) is 10.3 Å². The van der Waals surface area contributed by atoms with E-state index in [2.05, 4.69) is 0 Å². The van der Waals surface area contributed by atoms with E-state index in [1.807, 2.05) is 24.0 Å². The highest BCUT2D eigenvalue weighted by molar-refractivity contribution is 7.13. The summed E-state index contributed by atoms with van der Waals surface area (Å²) in [6, 6.07) is 3.80. The predicted molar refractivity (Wildman–Crippen MR) is 79.1 cm³/mol. The molecule has 0 bridgehead atoms. The summed E-state index contributed by atoms with van der Waals surface area (Å²) in [6.45, 7) is 6.75. The van der Waals surface area contributed by atoms with Gasteiger partial charge < -0.3 is 10.0 Å². The van der Waals surface area contributed by atoms with Gasteiger partial charge in [-0.05, 0) is 51.7 Å². The van der Waals surface area contributed by atoms with E-state index in [9.17, 15) is 14.7 Å². The summed E-state index contributed by atoms with van der Waals surface area (Å²) in [7, 11) is 0. The number of carboxylic acid groups (broad SMARTS) is 1. The lowest BCUT2D eigenvalue weighted by atomic mass is 9.74. The van der Waals surface area contributed by atoms with Crippen molar-refractivity contribution in [1.29, 1.82) is 0 Å². The molecule has 1 saturated heterocycles. The number of likely N-dealkylation sites (tertiary alicyclic amines) is 1. The molecular formula is C15H21NO3S. The molecule has 1 atom stereocenters. The van der Waals surface area contributed by atoms with Crippen LogP contribution in [0.25, 0.3) is 0 Å². The van der Waals surface area contributed by atoms with E-state index in [4.69, 9.17) is 0 Å². The number of carbonyl (C=O) groups excluding carboxylic acids is 1. The average molecular weight is 295 g/mol. The Balaban J connectivity index is 2.11. The lowest BCUT2D eigenvalue weighted by molar-refractivity contribution is -0.151. The maximum Gasteiger partial charge on any atom is 0.309 e. The third-order valence-corrected chi connectivity index (χ3v) is 5.22. The van der Waals surface area contributed by atoms with Gasteiger partial charge in [0, 0.05) is 18.0 Å². The normalized spacial score (nSPS) is 19.9. The zero-order valence-corrected chi connectivity index (χ0v) is 13.0. The minimum absolute atomic E-state index is 0.0127. The van der Waals surface area contributed by atoms with E-state index in [1.165, 1.54) is 11.3 Å². The zero-order chi connectivity index (χ0) is 14.9. The fourth-order valence-electron chi connectivity index (χ4n) is 2.63. The Bertz CT molecular complexity index is 521. The summed E-state index contributed by atoms with van der Waals surface area (Å²) in [5, 5.41) is 9.34. The zero-order valence-electron chi connectivity index (χ0n) is 12.2. The highest BCUT2D eigenvalue weighted by Crippen LogP contribution is 2.34. The number of piperidine rings is 1. The van der Waals surface area contributed by atoms with Crippen LogP contribution in [-0.2, 0) is 4.79 Å². The number of amides is 1.